The number of nitro groups is 1. The summed E-state index contributed by atoms with van der Waals surface area (Å²) in [5.41, 5.74) is 2.18. The van der Waals surface area contributed by atoms with Crippen LogP contribution in [0.15, 0.2) is 36.8 Å². The van der Waals surface area contributed by atoms with E-state index in [0.29, 0.717) is 18.8 Å². The Morgan fingerprint density at radius 1 is 1.32 bits per heavy atom. The number of nitrogens with zero attached hydrogens (tertiary/aromatic N) is 4. The fraction of sp³-hybridized carbons (Fsp3) is 0.353. The van der Waals surface area contributed by atoms with Crippen molar-refractivity contribution in [3.63, 3.8) is 0 Å². The molecule has 1 aromatic heterocycles. The molecule has 3 rings (SSSR count). The van der Waals surface area contributed by atoms with Gasteiger partial charge >= 0.3 is 0 Å². The van der Waals surface area contributed by atoms with Gasteiger partial charge in [0.1, 0.15) is 5.69 Å². The Morgan fingerprint density at radius 3 is 2.68 bits per heavy atom. The molecule has 2 aromatic rings. The summed E-state index contributed by atoms with van der Waals surface area (Å²) >= 11 is 0. The van der Waals surface area contributed by atoms with E-state index in [4.69, 9.17) is 0 Å². The van der Waals surface area contributed by atoms with Crippen molar-refractivity contribution in [1.29, 1.82) is 0 Å². The average Bonchev–Trinajstić information content (AvgIpc) is 2.64. The van der Waals surface area contributed by atoms with Crippen LogP contribution in [-0.2, 0) is 0 Å². The molecule has 130 valence electrons. The smallest absolute Gasteiger partial charge is 0.274 e. The Balaban J connectivity index is 1.58. The monoisotopic (exact) mass is 341 g/mol. The van der Waals surface area contributed by atoms with Crippen LogP contribution in [0.5, 0.6) is 0 Å². The molecule has 8 heteroatoms. The van der Waals surface area contributed by atoms with E-state index >= 15 is 0 Å². The zero-order valence-corrected chi connectivity index (χ0v) is 13.9. The highest BCUT2D eigenvalue weighted by Gasteiger charge is 2.24. The molecule has 1 aromatic carbocycles. The lowest BCUT2D eigenvalue weighted by molar-refractivity contribution is -0.384. The van der Waals surface area contributed by atoms with Crippen LogP contribution in [0.4, 0.5) is 11.4 Å². The first-order valence-electron chi connectivity index (χ1n) is 8.11. The molecule has 0 bridgehead atoms. The van der Waals surface area contributed by atoms with E-state index in [9.17, 15) is 14.9 Å². The molecule has 1 aliphatic rings. The molecule has 0 saturated carbocycles. The number of piperidine rings is 1. The van der Waals surface area contributed by atoms with E-state index < -0.39 is 4.92 Å². The topological polar surface area (TPSA) is 101 Å². The second-order valence-electron chi connectivity index (χ2n) is 6.06. The fourth-order valence-electron chi connectivity index (χ4n) is 2.94. The van der Waals surface area contributed by atoms with Gasteiger partial charge in [-0.15, -0.1) is 0 Å². The standard InChI is InChI=1S/C17H19N5O3/c1-12-10-14(22(24)25)2-3-15(12)20-13-4-8-21(9-5-13)17(23)16-11-18-6-7-19-16/h2-3,6-7,10-11,13,20H,4-5,8-9H2,1H3. The van der Waals surface area contributed by atoms with Crippen molar-refractivity contribution in [1.82, 2.24) is 14.9 Å². The number of aromatic nitrogens is 2. The lowest BCUT2D eigenvalue weighted by atomic mass is 10.0. The summed E-state index contributed by atoms with van der Waals surface area (Å²) in [6.45, 7) is 3.13. The maximum atomic E-state index is 12.4. The minimum atomic E-state index is -0.395. The quantitative estimate of drug-likeness (QED) is 0.677. The Labute approximate surface area is 145 Å². The predicted molar refractivity (Wildman–Crippen MR) is 92.4 cm³/mol. The van der Waals surface area contributed by atoms with E-state index in [-0.39, 0.29) is 17.6 Å². The van der Waals surface area contributed by atoms with Crippen LogP contribution in [0.3, 0.4) is 0 Å². The van der Waals surface area contributed by atoms with Crippen molar-refractivity contribution in [2.24, 2.45) is 0 Å². The minimum absolute atomic E-state index is 0.0902. The van der Waals surface area contributed by atoms with E-state index in [1.165, 1.54) is 18.5 Å². The normalized spacial score (nSPS) is 15.0. The van der Waals surface area contributed by atoms with Gasteiger partial charge in [0.25, 0.3) is 11.6 Å². The predicted octanol–water partition coefficient (Wildman–Crippen LogP) is 2.41. The number of rotatable bonds is 4. The molecule has 25 heavy (non-hydrogen) atoms. The number of non-ortho nitro benzene ring substituents is 1. The molecule has 0 spiro atoms. The molecule has 0 atom stereocenters. The third kappa shape index (κ3) is 3.90. The zero-order valence-electron chi connectivity index (χ0n) is 13.9. The second kappa shape index (κ2) is 7.25. The number of aryl methyl sites for hydroxylation is 1. The van der Waals surface area contributed by atoms with E-state index in [2.05, 4.69) is 15.3 Å². The summed E-state index contributed by atoms with van der Waals surface area (Å²) in [5.74, 6) is -0.0990. The molecule has 1 N–H and O–H groups in total. The Bertz CT molecular complexity index is 773. The first-order chi connectivity index (χ1) is 12.0. The molecule has 0 aliphatic carbocycles. The Morgan fingerprint density at radius 2 is 2.08 bits per heavy atom. The van der Waals surface area contributed by atoms with Gasteiger partial charge in [-0.2, -0.15) is 0 Å². The zero-order chi connectivity index (χ0) is 17.8. The van der Waals surface area contributed by atoms with Gasteiger partial charge in [-0.05, 0) is 31.4 Å². The molecule has 1 saturated heterocycles. The van der Waals surface area contributed by atoms with Crippen molar-refractivity contribution in [3.8, 4) is 0 Å². The van der Waals surface area contributed by atoms with Gasteiger partial charge in [0, 0.05) is 49.3 Å². The van der Waals surface area contributed by atoms with Crippen LogP contribution in [0.25, 0.3) is 0 Å². The minimum Gasteiger partial charge on any atom is -0.382 e. The van der Waals surface area contributed by atoms with Gasteiger partial charge in [-0.3, -0.25) is 19.9 Å². The van der Waals surface area contributed by atoms with Gasteiger partial charge in [-0.25, -0.2) is 4.98 Å². The van der Waals surface area contributed by atoms with Crippen LogP contribution in [0.2, 0.25) is 0 Å². The van der Waals surface area contributed by atoms with Crippen molar-refractivity contribution < 1.29 is 9.72 Å². The third-order valence-electron chi connectivity index (χ3n) is 4.34. The maximum Gasteiger partial charge on any atom is 0.274 e. The Hall–Kier alpha value is -3.03. The first kappa shape index (κ1) is 16.8. The molecule has 8 nitrogen and oxygen atoms in total. The van der Waals surface area contributed by atoms with Gasteiger partial charge in [0.15, 0.2) is 0 Å². The molecule has 2 heterocycles. The average molecular weight is 341 g/mol. The SMILES string of the molecule is Cc1cc([N+](=O)[O-])ccc1NC1CCN(C(=O)c2cnccn2)CC1. The summed E-state index contributed by atoms with van der Waals surface area (Å²) in [7, 11) is 0. The number of nitrogens with one attached hydrogen (secondary N) is 1. The molecular formula is C17H19N5O3. The number of carbonyl (C=O) groups excluding carboxylic acids is 1. The summed E-state index contributed by atoms with van der Waals surface area (Å²) < 4.78 is 0. The summed E-state index contributed by atoms with van der Waals surface area (Å²) in [6.07, 6.45) is 6.15. The molecule has 1 amide bonds. The fourth-order valence-corrected chi connectivity index (χ4v) is 2.94. The number of benzene rings is 1. The van der Waals surface area contributed by atoms with E-state index in [1.54, 1.807) is 23.2 Å². The van der Waals surface area contributed by atoms with E-state index in [0.717, 1.165) is 24.1 Å². The van der Waals surface area contributed by atoms with Crippen LogP contribution in [0.1, 0.15) is 28.9 Å². The van der Waals surface area contributed by atoms with Crippen LogP contribution in [0, 0.1) is 17.0 Å². The van der Waals surface area contributed by atoms with Gasteiger partial charge < -0.3 is 10.2 Å². The Kier molecular flexibility index (Phi) is 4.87. The highest BCUT2D eigenvalue weighted by atomic mass is 16.6. The van der Waals surface area contributed by atoms with E-state index in [1.807, 2.05) is 6.92 Å². The highest BCUT2D eigenvalue weighted by Crippen LogP contribution is 2.24. The molecule has 1 fully saturated rings. The van der Waals surface area contributed by atoms with Crippen molar-refractivity contribution in [2.75, 3.05) is 18.4 Å². The highest BCUT2D eigenvalue weighted by molar-refractivity contribution is 5.92. The number of likely N-dealkylation sites (tertiary alicyclic amines) is 1. The lowest BCUT2D eigenvalue weighted by Gasteiger charge is -2.33. The van der Waals surface area contributed by atoms with Crippen LogP contribution in [-0.4, -0.2) is 44.8 Å². The summed E-state index contributed by atoms with van der Waals surface area (Å²) in [6, 6.07) is 5.04. The van der Waals surface area contributed by atoms with Crippen molar-refractivity contribution in [2.45, 2.75) is 25.8 Å². The van der Waals surface area contributed by atoms with Gasteiger partial charge in [0.2, 0.25) is 0 Å². The lowest BCUT2D eigenvalue weighted by Crippen LogP contribution is -2.42. The van der Waals surface area contributed by atoms with Crippen LogP contribution >= 0.6 is 0 Å². The summed E-state index contributed by atoms with van der Waals surface area (Å²) in [5, 5.41) is 14.2. The molecular weight excluding hydrogens is 322 g/mol. The number of carbonyl (C=O) groups is 1. The molecule has 0 unspecified atom stereocenters. The number of anilines is 1. The number of hydrogen-bond acceptors (Lipinski definition) is 6. The largest absolute Gasteiger partial charge is 0.382 e. The van der Waals surface area contributed by atoms with Crippen molar-refractivity contribution in [3.05, 3.63) is 58.2 Å². The first-order valence-corrected chi connectivity index (χ1v) is 8.11. The second-order valence-corrected chi connectivity index (χ2v) is 6.06. The van der Waals surface area contributed by atoms with Gasteiger partial charge in [-0.1, -0.05) is 0 Å². The number of amides is 1. The molecule has 0 radical (unpaired) electrons. The molecule has 1 aliphatic heterocycles. The third-order valence-corrected chi connectivity index (χ3v) is 4.34. The van der Waals surface area contributed by atoms with Crippen LogP contribution < -0.4 is 5.32 Å². The summed E-state index contributed by atoms with van der Waals surface area (Å²) in [4.78, 5) is 32.5. The van der Waals surface area contributed by atoms with Gasteiger partial charge in [0.05, 0.1) is 11.1 Å². The van der Waals surface area contributed by atoms with Crippen molar-refractivity contribution >= 4 is 17.3 Å². The maximum absolute atomic E-state index is 12.4. The number of hydrogen-bond donors (Lipinski definition) is 1. The number of nitro benzene ring substituents is 1.